The number of nitrogens with zero attached hydrogens (tertiary/aromatic N) is 1. The highest BCUT2D eigenvalue weighted by Gasteiger charge is 2.47. The lowest BCUT2D eigenvalue weighted by Gasteiger charge is -2.26. The van der Waals surface area contributed by atoms with Gasteiger partial charge in [-0.2, -0.15) is 0 Å². The molecule has 1 aliphatic rings. The number of nitrogens with one attached hydrogen (secondary N) is 1. The molecule has 1 amide bonds. The van der Waals surface area contributed by atoms with E-state index in [9.17, 15) is 17.6 Å². The van der Waals surface area contributed by atoms with Gasteiger partial charge in [0.15, 0.2) is 14.6 Å². The van der Waals surface area contributed by atoms with Gasteiger partial charge in [-0.05, 0) is 30.2 Å². The molecule has 3 rings (SSSR count). The first-order chi connectivity index (χ1) is 14.6. The maximum atomic E-state index is 14.3. The molecular weight excluding hydrogens is 427 g/mol. The third-order valence-corrected chi connectivity index (χ3v) is 7.44. The standard InChI is InChI=1S/C21H23FN2O6S/c1-21(20(25)23-26,31(3,27)28)12-16-11-19(24-30-16)14-6-4-13(5-7-14)17-9-8-15(29-2)10-18(17)22/h4-10,16,26H,11-12H2,1-3H3,(H,23,25)/t16-,21-/m1/s1. The van der Waals surface area contributed by atoms with Crippen molar-refractivity contribution in [2.75, 3.05) is 13.4 Å². The Morgan fingerprint density at radius 3 is 2.48 bits per heavy atom. The highest BCUT2D eigenvalue weighted by molar-refractivity contribution is 7.92. The van der Waals surface area contributed by atoms with Crippen LogP contribution >= 0.6 is 0 Å². The van der Waals surface area contributed by atoms with Gasteiger partial charge in [0, 0.05) is 30.7 Å². The largest absolute Gasteiger partial charge is 0.497 e. The van der Waals surface area contributed by atoms with Crippen LogP contribution in [0.4, 0.5) is 4.39 Å². The van der Waals surface area contributed by atoms with Crippen molar-refractivity contribution in [1.29, 1.82) is 0 Å². The van der Waals surface area contributed by atoms with Crippen LogP contribution in [0.5, 0.6) is 5.75 Å². The molecule has 10 heteroatoms. The summed E-state index contributed by atoms with van der Waals surface area (Å²) in [6.45, 7) is 1.23. The molecule has 0 aromatic heterocycles. The number of amides is 1. The van der Waals surface area contributed by atoms with Gasteiger partial charge in [0.05, 0.1) is 12.8 Å². The number of oxime groups is 1. The second-order valence-corrected chi connectivity index (χ2v) is 9.99. The van der Waals surface area contributed by atoms with Crippen molar-refractivity contribution in [3.05, 3.63) is 53.8 Å². The van der Waals surface area contributed by atoms with Gasteiger partial charge in [0.2, 0.25) is 0 Å². The molecule has 31 heavy (non-hydrogen) atoms. The lowest BCUT2D eigenvalue weighted by atomic mass is 9.95. The van der Waals surface area contributed by atoms with Gasteiger partial charge in [-0.15, -0.1) is 0 Å². The number of ether oxygens (including phenoxy) is 1. The zero-order valence-corrected chi connectivity index (χ0v) is 18.1. The van der Waals surface area contributed by atoms with Crippen molar-refractivity contribution < 1.29 is 32.4 Å². The average Bonchev–Trinajstić information content (AvgIpc) is 3.20. The Balaban J connectivity index is 1.74. The lowest BCUT2D eigenvalue weighted by Crippen LogP contribution is -2.51. The summed E-state index contributed by atoms with van der Waals surface area (Å²) in [6.07, 6.45) is 0.363. The SMILES string of the molecule is COc1ccc(-c2ccc(C3=NO[C@@H](C[C@](C)(C(=O)NO)S(C)(=O)=O)C3)cc2)c(F)c1. The fourth-order valence-corrected chi connectivity index (χ4v) is 4.24. The summed E-state index contributed by atoms with van der Waals surface area (Å²) in [7, 11) is -2.37. The molecular formula is C21H23FN2O6S. The number of methoxy groups -OCH3 is 1. The minimum absolute atomic E-state index is 0.180. The Labute approximate surface area is 179 Å². The molecule has 8 nitrogen and oxygen atoms in total. The zero-order valence-electron chi connectivity index (χ0n) is 17.3. The third kappa shape index (κ3) is 4.54. The van der Waals surface area contributed by atoms with Gasteiger partial charge in [0.1, 0.15) is 17.7 Å². The van der Waals surface area contributed by atoms with Crippen LogP contribution < -0.4 is 10.2 Å². The van der Waals surface area contributed by atoms with E-state index in [1.54, 1.807) is 36.4 Å². The van der Waals surface area contributed by atoms with Crippen molar-refractivity contribution in [3.63, 3.8) is 0 Å². The van der Waals surface area contributed by atoms with E-state index in [-0.39, 0.29) is 12.8 Å². The first-order valence-electron chi connectivity index (χ1n) is 9.40. The molecule has 0 fully saturated rings. The van der Waals surface area contributed by atoms with Crippen LogP contribution in [0.1, 0.15) is 25.3 Å². The molecule has 2 aromatic rings. The molecule has 0 unspecified atom stereocenters. The molecule has 2 aromatic carbocycles. The summed E-state index contributed by atoms with van der Waals surface area (Å²) < 4.78 is 41.7. The number of halogens is 1. The number of carbonyl (C=O) groups is 1. The second-order valence-electron chi connectivity index (χ2n) is 7.54. The van der Waals surface area contributed by atoms with E-state index in [4.69, 9.17) is 14.8 Å². The van der Waals surface area contributed by atoms with E-state index in [0.29, 0.717) is 22.6 Å². The Kier molecular flexibility index (Phi) is 6.33. The van der Waals surface area contributed by atoms with Crippen molar-refractivity contribution in [2.24, 2.45) is 5.16 Å². The van der Waals surface area contributed by atoms with Crippen LogP contribution in [0, 0.1) is 5.82 Å². The Bertz CT molecular complexity index is 1120. The van der Waals surface area contributed by atoms with Crippen molar-refractivity contribution in [1.82, 2.24) is 5.48 Å². The van der Waals surface area contributed by atoms with Crippen LogP contribution in [-0.4, -0.2) is 49.5 Å². The first-order valence-corrected chi connectivity index (χ1v) is 11.3. The number of rotatable bonds is 7. The molecule has 0 radical (unpaired) electrons. The highest BCUT2D eigenvalue weighted by Crippen LogP contribution is 2.31. The monoisotopic (exact) mass is 450 g/mol. The molecule has 0 saturated carbocycles. The van der Waals surface area contributed by atoms with Gasteiger partial charge < -0.3 is 9.57 Å². The fraction of sp³-hybridized carbons (Fsp3) is 0.333. The summed E-state index contributed by atoms with van der Waals surface area (Å²) in [5.41, 5.74) is 3.81. The third-order valence-electron chi connectivity index (χ3n) is 5.46. The maximum Gasteiger partial charge on any atom is 0.264 e. The summed E-state index contributed by atoms with van der Waals surface area (Å²) in [4.78, 5) is 17.3. The van der Waals surface area contributed by atoms with Crippen LogP contribution in [0.2, 0.25) is 0 Å². The quantitative estimate of drug-likeness (QED) is 0.495. The molecule has 0 spiro atoms. The van der Waals surface area contributed by atoms with Gasteiger partial charge in [-0.25, -0.2) is 18.3 Å². The predicted octanol–water partition coefficient (Wildman–Crippen LogP) is 2.69. The summed E-state index contributed by atoms with van der Waals surface area (Å²) in [6, 6.07) is 11.6. The van der Waals surface area contributed by atoms with Gasteiger partial charge in [-0.1, -0.05) is 29.4 Å². The summed E-state index contributed by atoms with van der Waals surface area (Å²) in [5.74, 6) is -1.01. The Morgan fingerprint density at radius 1 is 1.29 bits per heavy atom. The Morgan fingerprint density at radius 2 is 1.94 bits per heavy atom. The van der Waals surface area contributed by atoms with Crippen molar-refractivity contribution in [3.8, 4) is 16.9 Å². The topological polar surface area (TPSA) is 114 Å². The summed E-state index contributed by atoms with van der Waals surface area (Å²) >= 11 is 0. The lowest BCUT2D eigenvalue weighted by molar-refractivity contribution is -0.132. The number of sulfone groups is 1. The zero-order chi connectivity index (χ0) is 22.8. The highest BCUT2D eigenvalue weighted by atomic mass is 32.2. The molecule has 1 heterocycles. The van der Waals surface area contributed by atoms with Crippen LogP contribution in [0.15, 0.2) is 47.6 Å². The minimum atomic E-state index is -3.84. The molecule has 2 N–H and O–H groups in total. The van der Waals surface area contributed by atoms with Gasteiger partial charge in [-0.3, -0.25) is 10.0 Å². The summed E-state index contributed by atoms with van der Waals surface area (Å²) in [5, 5.41) is 13.0. The van der Waals surface area contributed by atoms with Crippen LogP contribution in [0.25, 0.3) is 11.1 Å². The maximum absolute atomic E-state index is 14.3. The van der Waals surface area contributed by atoms with Crippen LogP contribution in [-0.2, 0) is 19.5 Å². The number of benzene rings is 2. The fourth-order valence-electron chi connectivity index (χ4n) is 3.37. The van der Waals surface area contributed by atoms with E-state index >= 15 is 0 Å². The normalized spacial score (nSPS) is 18.0. The molecule has 166 valence electrons. The Hall–Kier alpha value is -2.98. The molecule has 0 saturated heterocycles. The molecule has 0 bridgehead atoms. The van der Waals surface area contributed by atoms with E-state index < -0.39 is 32.4 Å². The molecule has 2 atom stereocenters. The molecule has 0 aliphatic carbocycles. The second kappa shape index (κ2) is 8.64. The van der Waals surface area contributed by atoms with Gasteiger partial charge in [0.25, 0.3) is 5.91 Å². The van der Waals surface area contributed by atoms with E-state index in [2.05, 4.69) is 5.16 Å². The van der Waals surface area contributed by atoms with Gasteiger partial charge >= 0.3 is 0 Å². The molecule has 1 aliphatic heterocycles. The average molecular weight is 450 g/mol. The number of carbonyl (C=O) groups excluding carboxylic acids is 1. The van der Waals surface area contributed by atoms with Crippen molar-refractivity contribution in [2.45, 2.75) is 30.6 Å². The number of hydroxylamine groups is 1. The number of hydrogen-bond acceptors (Lipinski definition) is 7. The smallest absolute Gasteiger partial charge is 0.264 e. The van der Waals surface area contributed by atoms with E-state index in [1.807, 2.05) is 0 Å². The first kappa shape index (κ1) is 22.7. The number of hydrogen-bond donors (Lipinski definition) is 2. The minimum Gasteiger partial charge on any atom is -0.497 e. The van der Waals surface area contributed by atoms with E-state index in [0.717, 1.165) is 11.8 Å². The van der Waals surface area contributed by atoms with E-state index in [1.165, 1.54) is 25.6 Å². The predicted molar refractivity (Wildman–Crippen MR) is 112 cm³/mol. The van der Waals surface area contributed by atoms with Crippen LogP contribution in [0.3, 0.4) is 0 Å². The van der Waals surface area contributed by atoms with Crippen molar-refractivity contribution >= 4 is 21.5 Å².